The largest absolute Gasteiger partial charge is 0.376 e. The van der Waals surface area contributed by atoms with E-state index < -0.39 is 10.0 Å². The van der Waals surface area contributed by atoms with Crippen molar-refractivity contribution in [1.82, 2.24) is 15.4 Å². The predicted molar refractivity (Wildman–Crippen MR) is 97.5 cm³/mol. The van der Waals surface area contributed by atoms with E-state index >= 15 is 0 Å². The summed E-state index contributed by atoms with van der Waals surface area (Å²) < 4.78 is 30.1. The van der Waals surface area contributed by atoms with Crippen molar-refractivity contribution in [3.05, 3.63) is 35.9 Å². The fourth-order valence-electron chi connectivity index (χ4n) is 1.92. The van der Waals surface area contributed by atoms with Crippen LogP contribution in [0.2, 0.25) is 0 Å². The minimum atomic E-state index is -3.15. The molecule has 0 saturated heterocycles. The van der Waals surface area contributed by atoms with Gasteiger partial charge >= 0.3 is 0 Å². The second-order valence-corrected chi connectivity index (χ2v) is 7.49. The number of sulfonamides is 1. The molecule has 0 amide bonds. The van der Waals surface area contributed by atoms with Crippen molar-refractivity contribution in [2.24, 2.45) is 10.9 Å². The number of nitrogens with one attached hydrogen (secondary N) is 3. The van der Waals surface area contributed by atoms with Crippen molar-refractivity contribution >= 4 is 16.0 Å². The lowest BCUT2D eigenvalue weighted by Gasteiger charge is -2.16. The van der Waals surface area contributed by atoms with Gasteiger partial charge in [-0.3, -0.25) is 4.99 Å². The topological polar surface area (TPSA) is 91.8 Å². The molecule has 0 radical (unpaired) electrons. The van der Waals surface area contributed by atoms with Gasteiger partial charge in [0.25, 0.3) is 0 Å². The second-order valence-electron chi connectivity index (χ2n) is 5.65. The maximum absolute atomic E-state index is 11.0. The van der Waals surface area contributed by atoms with Gasteiger partial charge in [0.2, 0.25) is 10.0 Å². The summed E-state index contributed by atoms with van der Waals surface area (Å²) in [6.45, 7) is 4.84. The van der Waals surface area contributed by atoms with E-state index in [1.807, 2.05) is 30.3 Å². The van der Waals surface area contributed by atoms with Crippen molar-refractivity contribution in [3.63, 3.8) is 0 Å². The Balaban J connectivity index is 2.15. The lowest BCUT2D eigenvalue weighted by molar-refractivity contribution is 0.0931. The highest BCUT2D eigenvalue weighted by molar-refractivity contribution is 7.88. The SMILES string of the molecule is CN=C(NCCNS(C)(=O)=O)NCC(C)COCc1ccccc1. The molecule has 0 aromatic heterocycles. The van der Waals surface area contributed by atoms with Crippen LogP contribution in [0.1, 0.15) is 12.5 Å². The van der Waals surface area contributed by atoms with Crippen LogP contribution in [0.5, 0.6) is 0 Å². The molecule has 1 rings (SSSR count). The maximum atomic E-state index is 11.0. The Labute approximate surface area is 145 Å². The fourth-order valence-corrected chi connectivity index (χ4v) is 2.39. The molecule has 0 saturated carbocycles. The smallest absolute Gasteiger partial charge is 0.208 e. The predicted octanol–water partition coefficient (Wildman–Crippen LogP) is 0.554. The first-order valence-electron chi connectivity index (χ1n) is 7.91. The van der Waals surface area contributed by atoms with Crippen molar-refractivity contribution in [2.75, 3.05) is 39.5 Å². The zero-order valence-electron chi connectivity index (χ0n) is 14.6. The summed E-state index contributed by atoms with van der Waals surface area (Å²) in [7, 11) is -1.48. The highest BCUT2D eigenvalue weighted by Crippen LogP contribution is 2.02. The van der Waals surface area contributed by atoms with Crippen LogP contribution in [-0.4, -0.2) is 53.9 Å². The lowest BCUT2D eigenvalue weighted by Crippen LogP contribution is -2.43. The van der Waals surface area contributed by atoms with E-state index in [0.29, 0.717) is 44.7 Å². The van der Waals surface area contributed by atoms with E-state index in [1.165, 1.54) is 0 Å². The van der Waals surface area contributed by atoms with E-state index in [4.69, 9.17) is 4.74 Å². The fraction of sp³-hybridized carbons (Fsp3) is 0.562. The van der Waals surface area contributed by atoms with Gasteiger partial charge in [-0.05, 0) is 11.5 Å². The first-order chi connectivity index (χ1) is 11.4. The molecule has 1 aromatic carbocycles. The molecule has 0 spiro atoms. The molecule has 8 heteroatoms. The molecule has 0 aliphatic heterocycles. The van der Waals surface area contributed by atoms with Gasteiger partial charge in [-0.1, -0.05) is 37.3 Å². The van der Waals surface area contributed by atoms with Gasteiger partial charge in [0.1, 0.15) is 0 Å². The second kappa shape index (κ2) is 11.0. The minimum absolute atomic E-state index is 0.315. The molecule has 1 atom stereocenters. The first-order valence-corrected chi connectivity index (χ1v) is 9.80. The van der Waals surface area contributed by atoms with Crippen molar-refractivity contribution < 1.29 is 13.2 Å². The van der Waals surface area contributed by atoms with Crippen molar-refractivity contribution in [2.45, 2.75) is 13.5 Å². The Morgan fingerprint density at radius 2 is 1.92 bits per heavy atom. The van der Waals surface area contributed by atoms with Crippen LogP contribution in [0, 0.1) is 5.92 Å². The van der Waals surface area contributed by atoms with E-state index in [0.717, 1.165) is 11.8 Å². The summed E-state index contributed by atoms with van der Waals surface area (Å²) in [5.41, 5.74) is 1.16. The number of nitrogens with zero attached hydrogens (tertiary/aromatic N) is 1. The van der Waals surface area contributed by atoms with Gasteiger partial charge in [-0.2, -0.15) is 0 Å². The Hall–Kier alpha value is -1.64. The summed E-state index contributed by atoms with van der Waals surface area (Å²) >= 11 is 0. The molecule has 1 unspecified atom stereocenters. The Morgan fingerprint density at radius 3 is 2.54 bits per heavy atom. The molecule has 0 heterocycles. The third-order valence-corrected chi connectivity index (χ3v) is 3.87. The molecule has 0 aliphatic carbocycles. The average molecular weight is 356 g/mol. The van der Waals surface area contributed by atoms with Crippen LogP contribution < -0.4 is 15.4 Å². The highest BCUT2D eigenvalue weighted by Gasteiger charge is 2.05. The molecule has 0 aliphatic rings. The van der Waals surface area contributed by atoms with Gasteiger partial charge in [0.15, 0.2) is 5.96 Å². The van der Waals surface area contributed by atoms with Gasteiger partial charge < -0.3 is 15.4 Å². The van der Waals surface area contributed by atoms with Crippen LogP contribution in [0.15, 0.2) is 35.3 Å². The summed E-state index contributed by atoms with van der Waals surface area (Å²) in [5, 5.41) is 6.25. The molecular weight excluding hydrogens is 328 g/mol. The molecule has 3 N–H and O–H groups in total. The third-order valence-electron chi connectivity index (χ3n) is 3.14. The number of ether oxygens (including phenoxy) is 1. The van der Waals surface area contributed by atoms with Crippen molar-refractivity contribution in [3.8, 4) is 0 Å². The zero-order valence-corrected chi connectivity index (χ0v) is 15.4. The Morgan fingerprint density at radius 1 is 1.21 bits per heavy atom. The molecule has 0 bridgehead atoms. The van der Waals surface area contributed by atoms with Crippen LogP contribution in [0.3, 0.4) is 0 Å². The average Bonchev–Trinajstić information content (AvgIpc) is 2.54. The summed E-state index contributed by atoms with van der Waals surface area (Å²) in [6.07, 6.45) is 1.14. The summed E-state index contributed by atoms with van der Waals surface area (Å²) in [4.78, 5) is 4.10. The number of aliphatic imine (C=N–C) groups is 1. The van der Waals surface area contributed by atoms with Gasteiger partial charge in [-0.15, -0.1) is 0 Å². The van der Waals surface area contributed by atoms with Gasteiger partial charge in [-0.25, -0.2) is 13.1 Å². The molecule has 136 valence electrons. The molecule has 7 nitrogen and oxygen atoms in total. The highest BCUT2D eigenvalue weighted by atomic mass is 32.2. The standard InChI is InChI=1S/C16H28N4O3S/c1-14(12-23-13-15-7-5-4-6-8-15)11-19-16(17-2)18-9-10-20-24(3,21)22/h4-8,14,20H,9-13H2,1-3H3,(H2,17,18,19). The number of hydrogen-bond acceptors (Lipinski definition) is 4. The monoisotopic (exact) mass is 356 g/mol. The van der Waals surface area contributed by atoms with E-state index in [1.54, 1.807) is 7.05 Å². The lowest BCUT2D eigenvalue weighted by atomic mass is 10.2. The van der Waals surface area contributed by atoms with E-state index in [9.17, 15) is 8.42 Å². The van der Waals surface area contributed by atoms with Gasteiger partial charge in [0.05, 0.1) is 19.5 Å². The molecule has 1 aromatic rings. The van der Waals surface area contributed by atoms with Gasteiger partial charge in [0, 0.05) is 26.7 Å². The quantitative estimate of drug-likeness (QED) is 0.324. The number of benzene rings is 1. The number of guanidine groups is 1. The number of hydrogen-bond donors (Lipinski definition) is 3. The first kappa shape index (κ1) is 20.4. The molecule has 24 heavy (non-hydrogen) atoms. The molecular formula is C16H28N4O3S. The van der Waals surface area contributed by atoms with Crippen molar-refractivity contribution in [1.29, 1.82) is 0 Å². The van der Waals surface area contributed by atoms with Crippen LogP contribution >= 0.6 is 0 Å². The maximum Gasteiger partial charge on any atom is 0.208 e. The van der Waals surface area contributed by atoms with E-state index in [-0.39, 0.29) is 0 Å². The number of rotatable bonds is 10. The Kier molecular flexibility index (Phi) is 9.36. The van der Waals surface area contributed by atoms with Crippen LogP contribution in [-0.2, 0) is 21.4 Å². The van der Waals surface area contributed by atoms with Crippen LogP contribution in [0.25, 0.3) is 0 Å². The van der Waals surface area contributed by atoms with E-state index in [2.05, 4.69) is 27.3 Å². The molecule has 0 fully saturated rings. The Bertz CT molecular complexity index is 591. The third kappa shape index (κ3) is 10.2. The summed E-state index contributed by atoms with van der Waals surface area (Å²) in [5.74, 6) is 0.960. The normalized spacial score (nSPS) is 13.5. The van der Waals surface area contributed by atoms with Crippen LogP contribution in [0.4, 0.5) is 0 Å². The zero-order chi connectivity index (χ0) is 17.8. The minimum Gasteiger partial charge on any atom is -0.376 e. The summed E-state index contributed by atoms with van der Waals surface area (Å²) in [6, 6.07) is 10.1.